The number of anilines is 1. The van der Waals surface area contributed by atoms with Crippen LogP contribution in [0, 0.1) is 6.92 Å². The molecule has 0 bridgehead atoms. The molecule has 0 spiro atoms. The van der Waals surface area contributed by atoms with Crippen molar-refractivity contribution in [3.8, 4) is 0 Å². The largest absolute Gasteiger partial charge is 0.338 e. The highest BCUT2D eigenvalue weighted by Crippen LogP contribution is 2.26. The minimum absolute atomic E-state index is 0.848. The van der Waals surface area contributed by atoms with Gasteiger partial charge in [-0.3, -0.25) is 14.8 Å². The Balaban J connectivity index is 1.21. The van der Waals surface area contributed by atoms with Crippen LogP contribution in [0.2, 0.25) is 0 Å². The molecule has 4 heterocycles. The first kappa shape index (κ1) is 18.0. The van der Waals surface area contributed by atoms with E-state index in [0.717, 1.165) is 75.6 Å². The standard InChI is InChI=1S/C22H30N6/c1-17-4-2-5-19(24-17)16-26-9-8-21-18(15-26)14-23-22(25-21)28-12-10-27(11-13-28)20-6-3-7-20/h2,4-5,14,20H,3,6-13,15-16H2,1H3. The van der Waals surface area contributed by atoms with Crippen LogP contribution in [0.5, 0.6) is 0 Å². The summed E-state index contributed by atoms with van der Waals surface area (Å²) < 4.78 is 0. The molecule has 0 radical (unpaired) electrons. The zero-order valence-electron chi connectivity index (χ0n) is 16.8. The Hall–Kier alpha value is -2.05. The van der Waals surface area contributed by atoms with E-state index in [0.29, 0.717) is 0 Å². The van der Waals surface area contributed by atoms with Crippen molar-refractivity contribution in [1.82, 2.24) is 24.8 Å². The summed E-state index contributed by atoms with van der Waals surface area (Å²) in [6.45, 7) is 9.32. The van der Waals surface area contributed by atoms with Crippen LogP contribution in [0.3, 0.4) is 0 Å². The highest BCUT2D eigenvalue weighted by Gasteiger charge is 2.29. The predicted molar refractivity (Wildman–Crippen MR) is 110 cm³/mol. The zero-order valence-corrected chi connectivity index (χ0v) is 16.8. The van der Waals surface area contributed by atoms with Gasteiger partial charge < -0.3 is 4.90 Å². The van der Waals surface area contributed by atoms with E-state index in [9.17, 15) is 0 Å². The Morgan fingerprint density at radius 1 is 1.04 bits per heavy atom. The van der Waals surface area contributed by atoms with Crippen molar-refractivity contribution in [2.24, 2.45) is 0 Å². The lowest BCUT2D eigenvalue weighted by atomic mass is 9.91. The summed E-state index contributed by atoms with van der Waals surface area (Å²) in [5.74, 6) is 0.931. The molecule has 6 heteroatoms. The Kier molecular flexibility index (Phi) is 4.99. The lowest BCUT2D eigenvalue weighted by Gasteiger charge is -2.43. The van der Waals surface area contributed by atoms with Crippen LogP contribution in [0.1, 0.15) is 41.9 Å². The molecule has 1 saturated carbocycles. The van der Waals surface area contributed by atoms with Gasteiger partial charge >= 0.3 is 0 Å². The highest BCUT2D eigenvalue weighted by atomic mass is 15.3. The maximum atomic E-state index is 4.95. The summed E-state index contributed by atoms with van der Waals surface area (Å²) in [5.41, 5.74) is 4.74. The number of hydrogen-bond acceptors (Lipinski definition) is 6. The quantitative estimate of drug-likeness (QED) is 0.814. The summed E-state index contributed by atoms with van der Waals surface area (Å²) in [4.78, 5) is 21.8. The summed E-state index contributed by atoms with van der Waals surface area (Å²) in [5, 5.41) is 0. The molecule has 1 saturated heterocycles. The van der Waals surface area contributed by atoms with Crippen molar-refractivity contribution < 1.29 is 0 Å². The van der Waals surface area contributed by atoms with E-state index in [-0.39, 0.29) is 0 Å². The lowest BCUT2D eigenvalue weighted by Crippen LogP contribution is -2.52. The number of piperazine rings is 1. The Bertz CT molecular complexity index is 826. The normalized spacial score (nSPS) is 21.4. The second-order valence-corrected chi connectivity index (χ2v) is 8.48. The maximum absolute atomic E-state index is 4.95. The van der Waals surface area contributed by atoms with Crippen molar-refractivity contribution in [2.45, 2.75) is 51.7 Å². The van der Waals surface area contributed by atoms with Crippen LogP contribution in [-0.4, -0.2) is 63.5 Å². The van der Waals surface area contributed by atoms with E-state index < -0.39 is 0 Å². The van der Waals surface area contributed by atoms with Crippen LogP contribution in [0.25, 0.3) is 0 Å². The summed E-state index contributed by atoms with van der Waals surface area (Å²) >= 11 is 0. The van der Waals surface area contributed by atoms with Gasteiger partial charge in [0.2, 0.25) is 5.95 Å². The molecule has 2 aromatic rings. The number of rotatable bonds is 4. The van der Waals surface area contributed by atoms with Gasteiger partial charge in [0.15, 0.2) is 0 Å². The van der Waals surface area contributed by atoms with Gasteiger partial charge in [-0.1, -0.05) is 12.5 Å². The molecule has 28 heavy (non-hydrogen) atoms. The average molecular weight is 379 g/mol. The molecular formula is C22H30N6. The monoisotopic (exact) mass is 378 g/mol. The molecule has 0 unspecified atom stereocenters. The SMILES string of the molecule is Cc1cccc(CN2CCc3nc(N4CCN(C5CCC5)CC4)ncc3C2)n1. The topological polar surface area (TPSA) is 48.4 Å². The number of pyridine rings is 1. The van der Waals surface area contributed by atoms with E-state index in [4.69, 9.17) is 9.97 Å². The molecule has 5 rings (SSSR count). The lowest BCUT2D eigenvalue weighted by molar-refractivity contribution is 0.120. The zero-order chi connectivity index (χ0) is 18.9. The van der Waals surface area contributed by atoms with E-state index in [1.807, 2.05) is 0 Å². The Labute approximate surface area is 167 Å². The number of aromatic nitrogens is 3. The summed E-state index contributed by atoms with van der Waals surface area (Å²) in [6, 6.07) is 7.11. The van der Waals surface area contributed by atoms with Gasteiger partial charge in [-0.2, -0.15) is 0 Å². The molecule has 6 nitrogen and oxygen atoms in total. The predicted octanol–water partition coefficient (Wildman–Crippen LogP) is 2.41. The fourth-order valence-corrected chi connectivity index (χ4v) is 4.61. The van der Waals surface area contributed by atoms with Gasteiger partial charge in [-0.15, -0.1) is 0 Å². The minimum atomic E-state index is 0.848. The van der Waals surface area contributed by atoms with Crippen molar-refractivity contribution >= 4 is 5.95 Å². The molecule has 1 aliphatic carbocycles. The van der Waals surface area contributed by atoms with E-state index in [2.05, 4.69) is 51.0 Å². The average Bonchev–Trinajstić information content (AvgIpc) is 2.67. The van der Waals surface area contributed by atoms with Crippen LogP contribution in [0.15, 0.2) is 24.4 Å². The molecular weight excluding hydrogens is 348 g/mol. The molecule has 2 fully saturated rings. The third-order valence-corrected chi connectivity index (χ3v) is 6.52. The van der Waals surface area contributed by atoms with E-state index >= 15 is 0 Å². The third-order valence-electron chi connectivity index (χ3n) is 6.52. The van der Waals surface area contributed by atoms with Crippen molar-refractivity contribution in [1.29, 1.82) is 0 Å². The second kappa shape index (κ2) is 7.76. The maximum Gasteiger partial charge on any atom is 0.225 e. The first-order valence-electron chi connectivity index (χ1n) is 10.7. The second-order valence-electron chi connectivity index (χ2n) is 8.48. The van der Waals surface area contributed by atoms with Crippen LogP contribution in [-0.2, 0) is 19.5 Å². The molecule has 3 aliphatic rings. The van der Waals surface area contributed by atoms with Crippen molar-refractivity contribution in [3.63, 3.8) is 0 Å². The molecule has 2 aromatic heterocycles. The summed E-state index contributed by atoms with van der Waals surface area (Å²) in [6.07, 6.45) is 7.26. The van der Waals surface area contributed by atoms with Crippen molar-refractivity contribution in [2.75, 3.05) is 37.6 Å². The number of nitrogens with zero attached hydrogens (tertiary/aromatic N) is 6. The fraction of sp³-hybridized carbons (Fsp3) is 0.591. The Morgan fingerprint density at radius 2 is 1.89 bits per heavy atom. The molecule has 0 amide bonds. The molecule has 0 N–H and O–H groups in total. The van der Waals surface area contributed by atoms with E-state index in [1.54, 1.807) is 0 Å². The minimum Gasteiger partial charge on any atom is -0.338 e. The first-order chi connectivity index (χ1) is 13.7. The van der Waals surface area contributed by atoms with Crippen LogP contribution in [0.4, 0.5) is 5.95 Å². The molecule has 148 valence electrons. The Morgan fingerprint density at radius 3 is 2.64 bits per heavy atom. The number of aryl methyl sites for hydroxylation is 1. The molecule has 0 aromatic carbocycles. The third kappa shape index (κ3) is 3.76. The van der Waals surface area contributed by atoms with Crippen molar-refractivity contribution in [3.05, 3.63) is 47.0 Å². The van der Waals surface area contributed by atoms with Gasteiger partial charge in [-0.25, -0.2) is 9.97 Å². The first-order valence-corrected chi connectivity index (χ1v) is 10.7. The number of hydrogen-bond donors (Lipinski definition) is 0. The number of fused-ring (bicyclic) bond motifs is 1. The van der Waals surface area contributed by atoms with Gasteiger partial charge in [-0.05, 0) is 31.9 Å². The van der Waals surface area contributed by atoms with Gasteiger partial charge in [0, 0.05) is 75.7 Å². The van der Waals surface area contributed by atoms with Gasteiger partial charge in [0.05, 0.1) is 11.4 Å². The summed E-state index contributed by atoms with van der Waals surface area (Å²) in [7, 11) is 0. The van der Waals surface area contributed by atoms with Crippen LogP contribution < -0.4 is 4.90 Å². The molecule has 0 atom stereocenters. The highest BCUT2D eigenvalue weighted by molar-refractivity contribution is 5.35. The smallest absolute Gasteiger partial charge is 0.225 e. The van der Waals surface area contributed by atoms with E-state index in [1.165, 1.54) is 30.5 Å². The van der Waals surface area contributed by atoms with Gasteiger partial charge in [0.1, 0.15) is 0 Å². The molecule has 2 aliphatic heterocycles. The van der Waals surface area contributed by atoms with Crippen LogP contribution >= 0.6 is 0 Å². The fourth-order valence-electron chi connectivity index (χ4n) is 4.61. The van der Waals surface area contributed by atoms with Gasteiger partial charge in [0.25, 0.3) is 0 Å².